The number of carbonyl (C=O) groups excluding carboxylic acids is 1. The van der Waals surface area contributed by atoms with Gasteiger partial charge in [-0.1, -0.05) is 33.6 Å². The van der Waals surface area contributed by atoms with Gasteiger partial charge in [-0.15, -0.1) is 0 Å². The van der Waals surface area contributed by atoms with Crippen molar-refractivity contribution in [2.75, 3.05) is 5.32 Å². The van der Waals surface area contributed by atoms with Gasteiger partial charge in [0, 0.05) is 4.47 Å². The first kappa shape index (κ1) is 15.5. The van der Waals surface area contributed by atoms with Gasteiger partial charge in [0.2, 0.25) is 0 Å². The highest BCUT2D eigenvalue weighted by Gasteiger charge is 2.17. The molecule has 0 atom stereocenters. The second-order valence-corrected chi connectivity index (χ2v) is 5.37. The number of amides is 1. The van der Waals surface area contributed by atoms with Crippen LogP contribution in [0.5, 0.6) is 0 Å². The van der Waals surface area contributed by atoms with Gasteiger partial charge in [-0.25, -0.2) is 9.18 Å². The molecule has 0 bridgehead atoms. The maximum Gasteiger partial charge on any atom is 0.337 e. The molecule has 0 saturated heterocycles. The Hall–Kier alpha value is -1.92. The summed E-state index contributed by atoms with van der Waals surface area (Å²) in [6, 6.07) is 8.32. The second-order valence-electron chi connectivity index (χ2n) is 4.05. The first-order valence-corrected chi connectivity index (χ1v) is 6.85. The number of carbonyl (C=O) groups is 2. The lowest BCUT2D eigenvalue weighted by Crippen LogP contribution is -2.16. The molecule has 108 valence electrons. The summed E-state index contributed by atoms with van der Waals surface area (Å²) in [6.07, 6.45) is 0. The second kappa shape index (κ2) is 6.24. The predicted molar refractivity (Wildman–Crippen MR) is 80.5 cm³/mol. The van der Waals surface area contributed by atoms with Crippen LogP contribution in [0.4, 0.5) is 10.1 Å². The Morgan fingerprint density at radius 1 is 1.19 bits per heavy atom. The molecule has 0 unspecified atom stereocenters. The number of anilines is 1. The van der Waals surface area contributed by atoms with Gasteiger partial charge in [0.05, 0.1) is 21.8 Å². The SMILES string of the molecule is O=C(O)c1cc(Br)ccc1NC(=O)c1cccc(Cl)c1F. The minimum absolute atomic E-state index is 0.0649. The molecule has 0 aliphatic rings. The topological polar surface area (TPSA) is 66.4 Å². The molecule has 0 heterocycles. The van der Waals surface area contributed by atoms with E-state index in [0.717, 1.165) is 0 Å². The minimum atomic E-state index is -1.21. The summed E-state index contributed by atoms with van der Waals surface area (Å²) < 4.78 is 14.3. The van der Waals surface area contributed by atoms with E-state index < -0.39 is 17.7 Å². The first-order valence-electron chi connectivity index (χ1n) is 5.68. The molecular weight excluding hydrogens is 365 g/mol. The summed E-state index contributed by atoms with van der Waals surface area (Å²) in [5, 5.41) is 11.3. The maximum absolute atomic E-state index is 13.8. The molecule has 2 aromatic carbocycles. The van der Waals surface area contributed by atoms with Crippen molar-refractivity contribution in [2.45, 2.75) is 0 Å². The predicted octanol–water partition coefficient (Wildman–Crippen LogP) is 4.19. The molecule has 2 rings (SSSR count). The van der Waals surface area contributed by atoms with Gasteiger partial charge in [-0.05, 0) is 30.3 Å². The summed E-state index contributed by atoms with van der Waals surface area (Å²) in [7, 11) is 0. The molecule has 0 aliphatic carbocycles. The molecule has 4 nitrogen and oxygen atoms in total. The van der Waals surface area contributed by atoms with E-state index in [4.69, 9.17) is 16.7 Å². The number of carboxylic acid groups (broad SMARTS) is 1. The third-order valence-electron chi connectivity index (χ3n) is 2.66. The number of rotatable bonds is 3. The fraction of sp³-hybridized carbons (Fsp3) is 0. The van der Waals surface area contributed by atoms with Gasteiger partial charge in [-0.3, -0.25) is 4.79 Å². The van der Waals surface area contributed by atoms with Crippen molar-refractivity contribution in [2.24, 2.45) is 0 Å². The molecule has 21 heavy (non-hydrogen) atoms. The van der Waals surface area contributed by atoms with Gasteiger partial charge in [0.15, 0.2) is 5.82 Å². The van der Waals surface area contributed by atoms with Crippen molar-refractivity contribution in [3.8, 4) is 0 Å². The highest BCUT2D eigenvalue weighted by Crippen LogP contribution is 2.23. The first-order chi connectivity index (χ1) is 9.90. The van der Waals surface area contributed by atoms with Crippen molar-refractivity contribution in [1.82, 2.24) is 0 Å². The van der Waals surface area contributed by atoms with E-state index in [0.29, 0.717) is 4.47 Å². The van der Waals surface area contributed by atoms with E-state index in [2.05, 4.69) is 21.2 Å². The molecular formula is C14H8BrClFNO3. The molecule has 0 aliphatic heterocycles. The third kappa shape index (κ3) is 3.40. The van der Waals surface area contributed by atoms with Crippen LogP contribution in [0.25, 0.3) is 0 Å². The van der Waals surface area contributed by atoms with Crippen LogP contribution in [0.2, 0.25) is 5.02 Å². The molecule has 2 aromatic rings. The van der Waals surface area contributed by atoms with Gasteiger partial charge >= 0.3 is 5.97 Å². The maximum atomic E-state index is 13.8. The lowest BCUT2D eigenvalue weighted by Gasteiger charge is -2.10. The Balaban J connectivity index is 2.36. The number of halogens is 3. The molecule has 2 N–H and O–H groups in total. The summed E-state index contributed by atoms with van der Waals surface area (Å²) in [4.78, 5) is 23.2. The summed E-state index contributed by atoms with van der Waals surface area (Å²) in [5.74, 6) is -2.84. The van der Waals surface area contributed by atoms with E-state index in [-0.39, 0.29) is 21.8 Å². The van der Waals surface area contributed by atoms with Crippen LogP contribution in [0.1, 0.15) is 20.7 Å². The van der Waals surface area contributed by atoms with Crippen molar-refractivity contribution in [3.05, 3.63) is 62.8 Å². The smallest absolute Gasteiger partial charge is 0.337 e. The monoisotopic (exact) mass is 371 g/mol. The Kier molecular flexibility index (Phi) is 4.59. The van der Waals surface area contributed by atoms with E-state index in [9.17, 15) is 14.0 Å². The average Bonchev–Trinajstić information content (AvgIpc) is 2.43. The fourth-order valence-corrected chi connectivity index (χ4v) is 2.21. The Morgan fingerprint density at radius 3 is 2.57 bits per heavy atom. The van der Waals surface area contributed by atoms with Crippen LogP contribution < -0.4 is 5.32 Å². The minimum Gasteiger partial charge on any atom is -0.478 e. The van der Waals surface area contributed by atoms with Crippen LogP contribution in [0, 0.1) is 5.82 Å². The van der Waals surface area contributed by atoms with Crippen molar-refractivity contribution in [1.29, 1.82) is 0 Å². The largest absolute Gasteiger partial charge is 0.478 e. The van der Waals surface area contributed by atoms with Crippen LogP contribution in [0.15, 0.2) is 40.9 Å². The Bertz CT molecular complexity index is 736. The molecule has 0 radical (unpaired) electrons. The van der Waals surface area contributed by atoms with E-state index in [1.165, 1.54) is 30.3 Å². The number of nitrogens with one attached hydrogen (secondary N) is 1. The van der Waals surface area contributed by atoms with Crippen molar-refractivity contribution in [3.63, 3.8) is 0 Å². The van der Waals surface area contributed by atoms with Crippen molar-refractivity contribution < 1.29 is 19.1 Å². The standard InChI is InChI=1S/C14H8BrClFNO3/c15-7-4-5-11(9(6-7)14(20)21)18-13(19)8-2-1-3-10(16)12(8)17/h1-6H,(H,18,19)(H,20,21). The summed E-state index contributed by atoms with van der Waals surface area (Å²) in [5.41, 5.74) is -0.308. The van der Waals surface area contributed by atoms with Gasteiger partial charge in [0.1, 0.15) is 0 Å². The Labute approximate surface area is 132 Å². The van der Waals surface area contributed by atoms with Crippen molar-refractivity contribution >= 4 is 45.1 Å². The summed E-state index contributed by atoms with van der Waals surface area (Å²) in [6.45, 7) is 0. The molecule has 1 amide bonds. The molecule has 0 fully saturated rings. The Morgan fingerprint density at radius 2 is 1.90 bits per heavy atom. The van der Waals surface area contributed by atoms with Gasteiger partial charge < -0.3 is 10.4 Å². The van der Waals surface area contributed by atoms with E-state index in [1.807, 2.05) is 0 Å². The average molecular weight is 373 g/mol. The zero-order chi connectivity index (χ0) is 15.6. The molecule has 0 spiro atoms. The molecule has 0 saturated carbocycles. The normalized spacial score (nSPS) is 10.2. The van der Waals surface area contributed by atoms with Crippen LogP contribution >= 0.6 is 27.5 Å². The molecule has 7 heteroatoms. The van der Waals surface area contributed by atoms with Gasteiger partial charge in [0.25, 0.3) is 5.91 Å². The zero-order valence-corrected chi connectivity index (χ0v) is 12.7. The summed E-state index contributed by atoms with van der Waals surface area (Å²) >= 11 is 8.75. The fourth-order valence-electron chi connectivity index (χ4n) is 1.67. The van der Waals surface area contributed by atoms with Crippen LogP contribution in [0.3, 0.4) is 0 Å². The highest BCUT2D eigenvalue weighted by molar-refractivity contribution is 9.10. The third-order valence-corrected chi connectivity index (χ3v) is 3.44. The number of hydrogen-bond acceptors (Lipinski definition) is 2. The quantitative estimate of drug-likeness (QED) is 0.849. The van der Waals surface area contributed by atoms with Crippen LogP contribution in [-0.4, -0.2) is 17.0 Å². The van der Waals surface area contributed by atoms with E-state index in [1.54, 1.807) is 6.07 Å². The number of hydrogen-bond donors (Lipinski definition) is 2. The highest BCUT2D eigenvalue weighted by atomic mass is 79.9. The van der Waals surface area contributed by atoms with Gasteiger partial charge in [-0.2, -0.15) is 0 Å². The van der Waals surface area contributed by atoms with E-state index >= 15 is 0 Å². The lowest BCUT2D eigenvalue weighted by molar-refractivity contribution is 0.0698. The van der Waals surface area contributed by atoms with Crippen LogP contribution in [-0.2, 0) is 0 Å². The number of carboxylic acids is 1. The number of benzene rings is 2. The lowest BCUT2D eigenvalue weighted by atomic mass is 10.1. The zero-order valence-electron chi connectivity index (χ0n) is 10.4. The number of aromatic carboxylic acids is 1. The molecule has 0 aromatic heterocycles.